The minimum Gasteiger partial charge on any atom is -0.478 e. The molecule has 2 atom stereocenters. The van der Waals surface area contributed by atoms with E-state index in [9.17, 15) is 13.6 Å². The van der Waals surface area contributed by atoms with Crippen molar-refractivity contribution in [3.63, 3.8) is 0 Å². The van der Waals surface area contributed by atoms with Crippen molar-refractivity contribution in [3.05, 3.63) is 35.4 Å². The van der Waals surface area contributed by atoms with E-state index in [0.29, 0.717) is 18.4 Å². The maximum atomic E-state index is 12.6. The second-order valence-electron chi connectivity index (χ2n) is 4.07. The predicted molar refractivity (Wildman–Crippen MR) is 54.9 cm³/mol. The Labute approximate surface area is 91.9 Å². The third-order valence-electron chi connectivity index (χ3n) is 3.24. The summed E-state index contributed by atoms with van der Waals surface area (Å²) in [5, 5.41) is 8.97. The van der Waals surface area contributed by atoms with Crippen molar-refractivity contribution in [2.24, 2.45) is 5.92 Å². The molecule has 0 radical (unpaired) electrons. The van der Waals surface area contributed by atoms with Crippen molar-refractivity contribution >= 4 is 5.97 Å². The molecule has 1 aliphatic rings. The van der Waals surface area contributed by atoms with E-state index in [2.05, 4.69) is 0 Å². The van der Waals surface area contributed by atoms with Crippen molar-refractivity contribution in [2.75, 3.05) is 0 Å². The molecular weight excluding hydrogens is 214 g/mol. The van der Waals surface area contributed by atoms with Gasteiger partial charge in [0.25, 0.3) is 0 Å². The van der Waals surface area contributed by atoms with Gasteiger partial charge in [0.2, 0.25) is 6.43 Å². The van der Waals surface area contributed by atoms with Crippen LogP contribution in [0.1, 0.15) is 34.7 Å². The van der Waals surface area contributed by atoms with Gasteiger partial charge in [0.15, 0.2) is 0 Å². The molecular formula is C12H12F2O2. The molecule has 4 heteroatoms. The van der Waals surface area contributed by atoms with Crippen molar-refractivity contribution in [1.82, 2.24) is 0 Å². The molecule has 2 unspecified atom stereocenters. The van der Waals surface area contributed by atoms with E-state index >= 15 is 0 Å². The van der Waals surface area contributed by atoms with Gasteiger partial charge in [-0.3, -0.25) is 0 Å². The number of carboxylic acids is 1. The Morgan fingerprint density at radius 2 is 2.00 bits per heavy atom. The first-order valence-electron chi connectivity index (χ1n) is 5.21. The van der Waals surface area contributed by atoms with Crippen LogP contribution in [-0.2, 0) is 0 Å². The first-order chi connectivity index (χ1) is 7.61. The Hall–Kier alpha value is -1.45. The van der Waals surface area contributed by atoms with Gasteiger partial charge in [0, 0.05) is 5.92 Å². The Bertz CT molecular complexity index is 404. The zero-order valence-corrected chi connectivity index (χ0v) is 8.57. The first kappa shape index (κ1) is 11.0. The van der Waals surface area contributed by atoms with Crippen LogP contribution >= 0.6 is 0 Å². The lowest BCUT2D eigenvalue weighted by Crippen LogP contribution is -2.31. The normalized spacial score (nSPS) is 24.2. The quantitative estimate of drug-likeness (QED) is 0.859. The average Bonchev–Trinajstić information content (AvgIpc) is 2.15. The predicted octanol–water partition coefficient (Wildman–Crippen LogP) is 3.14. The third kappa shape index (κ3) is 1.79. The Morgan fingerprint density at radius 1 is 1.31 bits per heavy atom. The Kier molecular flexibility index (Phi) is 2.90. The molecule has 86 valence electrons. The SMILES string of the molecule is O=C(O)c1ccccc1C1CCC1C(F)F. The molecule has 0 aliphatic heterocycles. The maximum Gasteiger partial charge on any atom is 0.335 e. The number of hydrogen-bond donors (Lipinski definition) is 1. The lowest BCUT2D eigenvalue weighted by molar-refractivity contribution is 0.0162. The van der Waals surface area contributed by atoms with E-state index in [1.807, 2.05) is 0 Å². The van der Waals surface area contributed by atoms with E-state index in [4.69, 9.17) is 5.11 Å². The van der Waals surface area contributed by atoms with E-state index in [0.717, 1.165) is 0 Å². The van der Waals surface area contributed by atoms with Crippen molar-refractivity contribution in [3.8, 4) is 0 Å². The third-order valence-corrected chi connectivity index (χ3v) is 3.24. The smallest absolute Gasteiger partial charge is 0.335 e. The van der Waals surface area contributed by atoms with E-state index < -0.39 is 18.3 Å². The van der Waals surface area contributed by atoms with Gasteiger partial charge in [-0.2, -0.15) is 0 Å². The summed E-state index contributed by atoms with van der Waals surface area (Å²) in [7, 11) is 0. The minimum atomic E-state index is -2.36. The second kappa shape index (κ2) is 4.20. The fraction of sp³-hybridized carbons (Fsp3) is 0.417. The summed E-state index contributed by atoms with van der Waals surface area (Å²) in [6, 6.07) is 6.42. The fourth-order valence-electron chi connectivity index (χ4n) is 2.23. The Morgan fingerprint density at radius 3 is 2.50 bits per heavy atom. The molecule has 0 aromatic heterocycles. The highest BCUT2D eigenvalue weighted by atomic mass is 19.3. The van der Waals surface area contributed by atoms with Crippen molar-refractivity contribution < 1.29 is 18.7 Å². The highest BCUT2D eigenvalue weighted by molar-refractivity contribution is 5.89. The van der Waals surface area contributed by atoms with Crippen molar-refractivity contribution in [1.29, 1.82) is 0 Å². The molecule has 2 nitrogen and oxygen atoms in total. The number of halogens is 2. The number of alkyl halides is 2. The van der Waals surface area contributed by atoms with Gasteiger partial charge in [-0.15, -0.1) is 0 Å². The van der Waals surface area contributed by atoms with E-state index in [-0.39, 0.29) is 11.5 Å². The van der Waals surface area contributed by atoms with Crippen LogP contribution in [0.15, 0.2) is 24.3 Å². The van der Waals surface area contributed by atoms with E-state index in [1.54, 1.807) is 18.2 Å². The molecule has 1 saturated carbocycles. The van der Waals surface area contributed by atoms with Crippen LogP contribution in [-0.4, -0.2) is 17.5 Å². The van der Waals surface area contributed by atoms with Crippen LogP contribution in [0.4, 0.5) is 8.78 Å². The molecule has 1 aliphatic carbocycles. The lowest BCUT2D eigenvalue weighted by atomic mass is 9.69. The van der Waals surface area contributed by atoms with E-state index in [1.165, 1.54) is 6.07 Å². The van der Waals surface area contributed by atoms with Crippen LogP contribution in [0.5, 0.6) is 0 Å². The van der Waals surface area contributed by atoms with Gasteiger partial charge in [-0.05, 0) is 30.4 Å². The zero-order valence-electron chi connectivity index (χ0n) is 8.57. The van der Waals surface area contributed by atoms with Gasteiger partial charge in [-0.1, -0.05) is 18.2 Å². The molecule has 1 aromatic carbocycles. The largest absolute Gasteiger partial charge is 0.478 e. The summed E-state index contributed by atoms with van der Waals surface area (Å²) in [6.07, 6.45) is -1.23. The molecule has 2 rings (SSSR count). The number of aromatic carboxylic acids is 1. The summed E-state index contributed by atoms with van der Waals surface area (Å²) in [6.45, 7) is 0. The van der Waals surface area contributed by atoms with Gasteiger partial charge >= 0.3 is 5.97 Å². The monoisotopic (exact) mass is 226 g/mol. The van der Waals surface area contributed by atoms with Gasteiger partial charge in [0.05, 0.1) is 5.56 Å². The maximum absolute atomic E-state index is 12.6. The topological polar surface area (TPSA) is 37.3 Å². The number of rotatable bonds is 3. The highest BCUT2D eigenvalue weighted by Gasteiger charge is 2.39. The molecule has 1 fully saturated rings. The number of benzene rings is 1. The summed E-state index contributed by atoms with van der Waals surface area (Å²) < 4.78 is 25.2. The summed E-state index contributed by atoms with van der Waals surface area (Å²) in [5.74, 6) is -2.02. The van der Waals surface area contributed by atoms with Crippen LogP contribution in [0, 0.1) is 5.92 Å². The molecule has 0 bridgehead atoms. The summed E-state index contributed by atoms with van der Waals surface area (Å²) >= 11 is 0. The minimum absolute atomic E-state index is 0.151. The lowest BCUT2D eigenvalue weighted by Gasteiger charge is -2.37. The molecule has 0 amide bonds. The van der Waals surface area contributed by atoms with Gasteiger partial charge < -0.3 is 5.11 Å². The first-order valence-corrected chi connectivity index (χ1v) is 5.21. The number of hydrogen-bond acceptors (Lipinski definition) is 1. The fourth-order valence-corrected chi connectivity index (χ4v) is 2.23. The molecule has 1 N–H and O–H groups in total. The second-order valence-corrected chi connectivity index (χ2v) is 4.07. The summed E-state index contributed by atoms with van der Waals surface area (Å²) in [5.41, 5.74) is 0.699. The molecule has 16 heavy (non-hydrogen) atoms. The zero-order chi connectivity index (χ0) is 11.7. The van der Waals surface area contributed by atoms with Crippen LogP contribution in [0.25, 0.3) is 0 Å². The van der Waals surface area contributed by atoms with Gasteiger partial charge in [-0.25, -0.2) is 13.6 Å². The standard InChI is InChI=1S/C12H12F2O2/c13-11(14)9-6-5-8(9)7-3-1-2-4-10(7)12(15)16/h1-4,8-9,11H,5-6H2,(H,15,16). The summed E-state index contributed by atoms with van der Waals surface area (Å²) in [4.78, 5) is 11.0. The molecule has 0 heterocycles. The number of carbonyl (C=O) groups is 1. The van der Waals surface area contributed by atoms with Crippen LogP contribution in [0.3, 0.4) is 0 Å². The molecule has 0 saturated heterocycles. The number of carboxylic acid groups (broad SMARTS) is 1. The van der Waals surface area contributed by atoms with Crippen LogP contribution in [0.2, 0.25) is 0 Å². The van der Waals surface area contributed by atoms with Crippen molar-refractivity contribution in [2.45, 2.75) is 25.2 Å². The molecule has 1 aromatic rings. The average molecular weight is 226 g/mol. The van der Waals surface area contributed by atoms with Gasteiger partial charge in [0.1, 0.15) is 0 Å². The van der Waals surface area contributed by atoms with Crippen LogP contribution < -0.4 is 0 Å². The Balaban J connectivity index is 2.30. The molecule has 0 spiro atoms. The highest BCUT2D eigenvalue weighted by Crippen LogP contribution is 2.46.